The predicted molar refractivity (Wildman–Crippen MR) is 125 cm³/mol. The van der Waals surface area contributed by atoms with Gasteiger partial charge in [0.05, 0.1) is 13.3 Å². The van der Waals surface area contributed by atoms with Crippen LogP contribution in [-0.4, -0.2) is 67.0 Å². The van der Waals surface area contributed by atoms with Gasteiger partial charge in [0.25, 0.3) is 0 Å². The molecule has 8 heteroatoms. The number of methoxy groups -OCH3 is 1. The van der Waals surface area contributed by atoms with Crippen molar-refractivity contribution in [2.75, 3.05) is 51.3 Å². The van der Waals surface area contributed by atoms with Gasteiger partial charge in [0.1, 0.15) is 5.75 Å². The van der Waals surface area contributed by atoms with Gasteiger partial charge in [-0.3, -0.25) is 9.67 Å². The Balaban J connectivity index is 0.00000280. The van der Waals surface area contributed by atoms with Gasteiger partial charge in [-0.2, -0.15) is 5.10 Å². The second-order valence-corrected chi connectivity index (χ2v) is 6.68. The molecule has 3 rings (SSSR count). The number of halogens is 1. The number of aromatic nitrogens is 2. The SMILES string of the molecule is CCNC(=NCCc1cnn(C)c1)N1CCN(c2ccc(OC)cc2)CC1.I. The summed E-state index contributed by atoms with van der Waals surface area (Å²) in [7, 11) is 3.64. The molecule has 0 radical (unpaired) electrons. The first-order valence-corrected chi connectivity index (χ1v) is 9.59. The molecule has 2 heterocycles. The molecule has 0 aliphatic carbocycles. The molecule has 1 fully saturated rings. The second-order valence-electron chi connectivity index (χ2n) is 6.68. The molecule has 0 bridgehead atoms. The van der Waals surface area contributed by atoms with Gasteiger partial charge in [-0.15, -0.1) is 24.0 Å². The van der Waals surface area contributed by atoms with Crippen LogP contribution in [0, 0.1) is 0 Å². The number of aliphatic imine (C=N–C) groups is 1. The standard InChI is InChI=1S/C20H30N6O.HI/c1-4-21-20(22-10-9-17-15-23-24(2)16-17)26-13-11-25(12-14-26)18-5-7-19(27-3)8-6-18;/h5-8,15-16H,4,9-14H2,1-3H3,(H,21,22);1H. The Morgan fingerprint density at radius 1 is 1.18 bits per heavy atom. The number of anilines is 1. The molecule has 154 valence electrons. The molecule has 0 spiro atoms. The topological polar surface area (TPSA) is 57.9 Å². The van der Waals surface area contributed by atoms with Crippen molar-refractivity contribution < 1.29 is 4.74 Å². The van der Waals surface area contributed by atoms with Crippen LogP contribution in [0.1, 0.15) is 12.5 Å². The molecule has 28 heavy (non-hydrogen) atoms. The van der Waals surface area contributed by atoms with Crippen LogP contribution >= 0.6 is 24.0 Å². The van der Waals surface area contributed by atoms with Gasteiger partial charge in [0.15, 0.2) is 5.96 Å². The Hall–Kier alpha value is -1.97. The average molecular weight is 498 g/mol. The molecule has 1 aliphatic rings. The molecule has 0 atom stereocenters. The highest BCUT2D eigenvalue weighted by Crippen LogP contribution is 2.20. The molecule has 1 aromatic carbocycles. The first-order chi connectivity index (χ1) is 13.2. The minimum absolute atomic E-state index is 0. The summed E-state index contributed by atoms with van der Waals surface area (Å²) in [6.45, 7) is 7.66. The van der Waals surface area contributed by atoms with Crippen molar-refractivity contribution in [3.63, 3.8) is 0 Å². The van der Waals surface area contributed by atoms with Crippen molar-refractivity contribution in [1.29, 1.82) is 0 Å². The summed E-state index contributed by atoms with van der Waals surface area (Å²) in [5, 5.41) is 7.65. The van der Waals surface area contributed by atoms with Gasteiger partial charge in [-0.1, -0.05) is 0 Å². The summed E-state index contributed by atoms with van der Waals surface area (Å²) in [4.78, 5) is 9.59. The molecule has 7 nitrogen and oxygen atoms in total. The van der Waals surface area contributed by atoms with E-state index in [0.717, 1.165) is 57.4 Å². The zero-order valence-electron chi connectivity index (χ0n) is 17.0. The van der Waals surface area contributed by atoms with Crippen molar-refractivity contribution in [2.24, 2.45) is 12.0 Å². The van der Waals surface area contributed by atoms with Crippen molar-refractivity contribution in [3.05, 3.63) is 42.2 Å². The zero-order chi connectivity index (χ0) is 19.1. The number of benzene rings is 1. The van der Waals surface area contributed by atoms with Crippen molar-refractivity contribution in [3.8, 4) is 5.75 Å². The molecule has 1 aliphatic heterocycles. The average Bonchev–Trinajstić information content (AvgIpc) is 3.13. The van der Waals surface area contributed by atoms with E-state index in [-0.39, 0.29) is 24.0 Å². The first-order valence-electron chi connectivity index (χ1n) is 9.59. The number of ether oxygens (including phenoxy) is 1. The summed E-state index contributed by atoms with van der Waals surface area (Å²) in [6, 6.07) is 8.29. The van der Waals surface area contributed by atoms with E-state index in [1.807, 2.05) is 30.1 Å². The monoisotopic (exact) mass is 498 g/mol. The van der Waals surface area contributed by atoms with Crippen LogP contribution in [-0.2, 0) is 13.5 Å². The van der Waals surface area contributed by atoms with E-state index < -0.39 is 0 Å². The fraction of sp³-hybridized carbons (Fsp3) is 0.500. The number of nitrogens with one attached hydrogen (secondary N) is 1. The molecule has 0 saturated carbocycles. The zero-order valence-corrected chi connectivity index (χ0v) is 19.3. The third-order valence-corrected chi connectivity index (χ3v) is 4.77. The predicted octanol–water partition coefficient (Wildman–Crippen LogP) is 2.38. The molecule has 2 aromatic rings. The molecular formula is C20H31IN6O. The maximum Gasteiger partial charge on any atom is 0.194 e. The maximum atomic E-state index is 5.25. The number of hydrogen-bond acceptors (Lipinski definition) is 4. The summed E-state index contributed by atoms with van der Waals surface area (Å²) in [6.07, 6.45) is 4.88. The van der Waals surface area contributed by atoms with Crippen LogP contribution in [0.15, 0.2) is 41.7 Å². The highest BCUT2D eigenvalue weighted by atomic mass is 127. The van der Waals surface area contributed by atoms with Crippen molar-refractivity contribution in [1.82, 2.24) is 20.0 Å². The van der Waals surface area contributed by atoms with Gasteiger partial charge in [-0.05, 0) is 43.2 Å². The fourth-order valence-corrected chi connectivity index (χ4v) is 3.29. The van der Waals surface area contributed by atoms with Crippen molar-refractivity contribution >= 4 is 35.6 Å². The summed E-state index contributed by atoms with van der Waals surface area (Å²) >= 11 is 0. The van der Waals surface area contributed by atoms with Crippen molar-refractivity contribution in [2.45, 2.75) is 13.3 Å². The third-order valence-electron chi connectivity index (χ3n) is 4.77. The smallest absolute Gasteiger partial charge is 0.194 e. The molecule has 0 amide bonds. The molecular weight excluding hydrogens is 467 g/mol. The highest BCUT2D eigenvalue weighted by Gasteiger charge is 2.19. The Morgan fingerprint density at radius 2 is 1.89 bits per heavy atom. The number of piperazine rings is 1. The van der Waals surface area contributed by atoms with E-state index in [9.17, 15) is 0 Å². The number of rotatable bonds is 6. The van der Waals surface area contributed by atoms with Gasteiger partial charge < -0.3 is 19.9 Å². The van der Waals surface area contributed by atoms with Gasteiger partial charge in [0.2, 0.25) is 0 Å². The molecule has 1 saturated heterocycles. The minimum Gasteiger partial charge on any atom is -0.497 e. The summed E-state index contributed by atoms with van der Waals surface area (Å²) < 4.78 is 7.08. The largest absolute Gasteiger partial charge is 0.497 e. The Bertz CT molecular complexity index is 737. The van der Waals surface area contributed by atoms with Crippen LogP contribution in [0.2, 0.25) is 0 Å². The highest BCUT2D eigenvalue weighted by molar-refractivity contribution is 14.0. The molecule has 1 N–H and O–H groups in total. The van der Waals surface area contributed by atoms with Gasteiger partial charge in [-0.25, -0.2) is 0 Å². The Morgan fingerprint density at radius 3 is 2.46 bits per heavy atom. The van der Waals surface area contributed by atoms with Crippen LogP contribution in [0.25, 0.3) is 0 Å². The van der Waals surface area contributed by atoms with Gasteiger partial charge in [0, 0.05) is 58.2 Å². The maximum absolute atomic E-state index is 5.25. The Kier molecular flexibility index (Phi) is 8.88. The minimum atomic E-state index is 0. The molecule has 0 unspecified atom stereocenters. The normalized spacial score (nSPS) is 14.6. The lowest BCUT2D eigenvalue weighted by Gasteiger charge is -2.37. The third kappa shape index (κ3) is 6.02. The van der Waals surface area contributed by atoms with E-state index in [4.69, 9.17) is 9.73 Å². The van der Waals surface area contributed by atoms with E-state index in [1.54, 1.807) is 7.11 Å². The number of guanidine groups is 1. The van der Waals surface area contributed by atoms with Gasteiger partial charge >= 0.3 is 0 Å². The molecule has 1 aromatic heterocycles. The number of aryl methyl sites for hydroxylation is 1. The lowest BCUT2D eigenvalue weighted by molar-refractivity contribution is 0.372. The lowest BCUT2D eigenvalue weighted by atomic mass is 10.2. The lowest BCUT2D eigenvalue weighted by Crippen LogP contribution is -2.52. The summed E-state index contributed by atoms with van der Waals surface area (Å²) in [5.41, 5.74) is 2.47. The summed E-state index contributed by atoms with van der Waals surface area (Å²) in [5.74, 6) is 1.91. The fourth-order valence-electron chi connectivity index (χ4n) is 3.29. The van der Waals surface area contributed by atoms with Crippen LogP contribution in [0.5, 0.6) is 5.75 Å². The van der Waals surface area contributed by atoms with E-state index in [1.165, 1.54) is 11.3 Å². The first kappa shape index (κ1) is 22.3. The number of hydrogen-bond donors (Lipinski definition) is 1. The van der Waals surface area contributed by atoms with Crippen LogP contribution in [0.3, 0.4) is 0 Å². The Labute approximate surface area is 184 Å². The van der Waals surface area contributed by atoms with E-state index in [2.05, 4.69) is 45.5 Å². The van der Waals surface area contributed by atoms with E-state index in [0.29, 0.717) is 0 Å². The van der Waals surface area contributed by atoms with E-state index >= 15 is 0 Å². The number of nitrogens with zero attached hydrogens (tertiary/aromatic N) is 5. The van der Waals surface area contributed by atoms with Crippen LogP contribution < -0.4 is 15.0 Å². The second kappa shape index (κ2) is 11.1. The van der Waals surface area contributed by atoms with Crippen LogP contribution in [0.4, 0.5) is 5.69 Å². The quantitative estimate of drug-likeness (QED) is 0.377.